The molecule has 14 heavy (non-hydrogen) atoms. The van der Waals surface area contributed by atoms with Gasteiger partial charge in [-0.25, -0.2) is 9.97 Å². The number of nitrogens with one attached hydrogen (secondary N) is 1. The van der Waals surface area contributed by atoms with E-state index in [-0.39, 0.29) is 0 Å². The fourth-order valence-electron chi connectivity index (χ4n) is 1.77. The summed E-state index contributed by atoms with van der Waals surface area (Å²) in [5.41, 5.74) is 3.20. The third kappa shape index (κ3) is 0.974. The normalized spacial score (nSPS) is 20.3. The van der Waals surface area contributed by atoms with E-state index in [1.807, 2.05) is 19.3 Å². The van der Waals surface area contributed by atoms with Crippen LogP contribution in [-0.2, 0) is 7.05 Å². The highest BCUT2D eigenvalue weighted by Crippen LogP contribution is 2.24. The van der Waals surface area contributed by atoms with Gasteiger partial charge >= 0.3 is 0 Å². The van der Waals surface area contributed by atoms with Gasteiger partial charge in [-0.3, -0.25) is 0 Å². The number of pyridine rings is 1. The quantitative estimate of drug-likeness (QED) is 0.677. The average molecular weight is 188 g/mol. The van der Waals surface area contributed by atoms with Crippen LogP contribution in [0.4, 0.5) is 0 Å². The van der Waals surface area contributed by atoms with Crippen molar-refractivity contribution in [1.82, 2.24) is 19.9 Å². The summed E-state index contributed by atoms with van der Waals surface area (Å²) in [6, 6.07) is 2.44. The van der Waals surface area contributed by atoms with Crippen LogP contribution in [0.3, 0.4) is 0 Å². The number of hydrogen-bond donors (Lipinski definition) is 1. The van der Waals surface area contributed by atoms with Crippen molar-refractivity contribution in [2.75, 3.05) is 6.54 Å². The molecule has 1 aliphatic heterocycles. The Hall–Kier alpha value is -1.42. The Morgan fingerprint density at radius 1 is 1.57 bits per heavy atom. The molecule has 1 unspecified atom stereocenters. The maximum absolute atomic E-state index is 4.61. The first-order valence-electron chi connectivity index (χ1n) is 4.78. The predicted octanol–water partition coefficient (Wildman–Crippen LogP) is 0.921. The number of aromatic nitrogens is 3. The summed E-state index contributed by atoms with van der Waals surface area (Å²) < 4.78 is 2.08. The molecule has 1 aliphatic rings. The fourth-order valence-corrected chi connectivity index (χ4v) is 1.77. The molecule has 1 fully saturated rings. The van der Waals surface area contributed by atoms with Gasteiger partial charge in [-0.15, -0.1) is 0 Å². The van der Waals surface area contributed by atoms with Crippen molar-refractivity contribution in [2.24, 2.45) is 7.05 Å². The maximum atomic E-state index is 4.61. The molecule has 0 spiro atoms. The Labute approximate surface area is 82.0 Å². The number of aryl methyl sites for hydroxylation is 2. The fraction of sp³-hybridized carbons (Fsp3) is 0.400. The Kier molecular flexibility index (Phi) is 1.44. The monoisotopic (exact) mass is 188 g/mol. The van der Waals surface area contributed by atoms with E-state index in [1.165, 1.54) is 5.56 Å². The summed E-state index contributed by atoms with van der Waals surface area (Å²) in [7, 11) is 2.02. The molecule has 3 heterocycles. The van der Waals surface area contributed by atoms with Gasteiger partial charge in [-0.05, 0) is 18.6 Å². The van der Waals surface area contributed by atoms with Crippen molar-refractivity contribution in [3.05, 3.63) is 23.7 Å². The zero-order valence-corrected chi connectivity index (χ0v) is 8.28. The van der Waals surface area contributed by atoms with Crippen LogP contribution >= 0.6 is 0 Å². The minimum atomic E-state index is 0.439. The summed E-state index contributed by atoms with van der Waals surface area (Å²) in [6.07, 6.45) is 1.84. The molecule has 2 aromatic heterocycles. The molecule has 4 heteroatoms. The van der Waals surface area contributed by atoms with Crippen LogP contribution in [0.25, 0.3) is 11.2 Å². The number of rotatable bonds is 1. The van der Waals surface area contributed by atoms with Crippen molar-refractivity contribution in [3.8, 4) is 0 Å². The van der Waals surface area contributed by atoms with Crippen molar-refractivity contribution in [1.29, 1.82) is 0 Å². The van der Waals surface area contributed by atoms with Crippen LogP contribution in [0.15, 0.2) is 12.3 Å². The lowest BCUT2D eigenvalue weighted by atomic mass is 10.3. The van der Waals surface area contributed by atoms with Gasteiger partial charge in [0.05, 0.1) is 6.04 Å². The molecule has 0 radical (unpaired) electrons. The van der Waals surface area contributed by atoms with Crippen LogP contribution in [-0.4, -0.2) is 21.1 Å². The first-order chi connectivity index (χ1) is 6.77. The molecule has 4 nitrogen and oxygen atoms in total. The molecule has 2 aromatic rings. The highest BCUT2D eigenvalue weighted by atomic mass is 15.2. The van der Waals surface area contributed by atoms with E-state index >= 15 is 0 Å². The van der Waals surface area contributed by atoms with Gasteiger partial charge in [0.15, 0.2) is 5.65 Å². The molecule has 0 aliphatic carbocycles. The van der Waals surface area contributed by atoms with Crippen LogP contribution < -0.4 is 5.32 Å². The summed E-state index contributed by atoms with van der Waals surface area (Å²) >= 11 is 0. The molecule has 1 atom stereocenters. The van der Waals surface area contributed by atoms with Gasteiger partial charge in [-0.2, -0.15) is 0 Å². The lowest BCUT2D eigenvalue weighted by Gasteiger charge is -1.97. The molecule has 0 aromatic carbocycles. The molecular formula is C10H12N4. The molecule has 1 saturated heterocycles. The van der Waals surface area contributed by atoms with E-state index in [9.17, 15) is 0 Å². The SMILES string of the molecule is Cc1ccnc2c1nc(C1CN1)n2C. The Balaban J connectivity index is 2.33. The van der Waals surface area contributed by atoms with Gasteiger partial charge in [0.25, 0.3) is 0 Å². The molecule has 0 saturated carbocycles. The van der Waals surface area contributed by atoms with Gasteiger partial charge in [0, 0.05) is 19.8 Å². The van der Waals surface area contributed by atoms with E-state index in [4.69, 9.17) is 0 Å². The standard InChI is InChI=1S/C10H12N4/c1-6-3-4-11-10-8(6)13-9(14(10)2)7-5-12-7/h3-4,7,12H,5H2,1-2H3. The third-order valence-electron chi connectivity index (χ3n) is 2.71. The average Bonchev–Trinajstić information content (AvgIpc) is 2.94. The Bertz CT molecular complexity index is 496. The van der Waals surface area contributed by atoms with E-state index in [0.717, 1.165) is 23.5 Å². The molecule has 3 rings (SSSR count). The van der Waals surface area contributed by atoms with E-state index in [0.29, 0.717) is 6.04 Å². The number of fused-ring (bicyclic) bond motifs is 1. The lowest BCUT2D eigenvalue weighted by molar-refractivity contribution is 0.804. The molecule has 1 N–H and O–H groups in total. The summed E-state index contributed by atoms with van der Waals surface area (Å²) in [6.45, 7) is 3.11. The van der Waals surface area contributed by atoms with Crippen LogP contribution in [0.2, 0.25) is 0 Å². The van der Waals surface area contributed by atoms with E-state index < -0.39 is 0 Å². The van der Waals surface area contributed by atoms with Gasteiger partial charge in [0.2, 0.25) is 0 Å². The molecular weight excluding hydrogens is 176 g/mol. The zero-order valence-electron chi connectivity index (χ0n) is 8.28. The van der Waals surface area contributed by atoms with Crippen molar-refractivity contribution in [3.63, 3.8) is 0 Å². The minimum absolute atomic E-state index is 0.439. The predicted molar refractivity (Wildman–Crippen MR) is 54.0 cm³/mol. The second kappa shape index (κ2) is 2.54. The minimum Gasteiger partial charge on any atom is -0.314 e. The van der Waals surface area contributed by atoms with Crippen LogP contribution in [0.5, 0.6) is 0 Å². The van der Waals surface area contributed by atoms with Gasteiger partial charge in [0.1, 0.15) is 11.3 Å². The van der Waals surface area contributed by atoms with Crippen molar-refractivity contribution in [2.45, 2.75) is 13.0 Å². The Morgan fingerprint density at radius 3 is 3.00 bits per heavy atom. The summed E-state index contributed by atoms with van der Waals surface area (Å²) in [5.74, 6) is 1.10. The maximum Gasteiger partial charge on any atom is 0.160 e. The van der Waals surface area contributed by atoms with Gasteiger partial charge < -0.3 is 9.88 Å². The highest BCUT2D eigenvalue weighted by molar-refractivity contribution is 5.75. The topological polar surface area (TPSA) is 52.6 Å². The second-order valence-corrected chi connectivity index (χ2v) is 3.79. The smallest absolute Gasteiger partial charge is 0.160 e. The molecule has 0 amide bonds. The lowest BCUT2D eigenvalue weighted by Crippen LogP contribution is -1.98. The largest absolute Gasteiger partial charge is 0.314 e. The third-order valence-corrected chi connectivity index (χ3v) is 2.71. The van der Waals surface area contributed by atoms with Crippen LogP contribution in [0, 0.1) is 6.92 Å². The van der Waals surface area contributed by atoms with Crippen LogP contribution in [0.1, 0.15) is 17.4 Å². The molecule has 72 valence electrons. The van der Waals surface area contributed by atoms with Crippen molar-refractivity contribution < 1.29 is 0 Å². The summed E-state index contributed by atoms with van der Waals surface area (Å²) in [5, 5.41) is 3.26. The van der Waals surface area contributed by atoms with E-state index in [2.05, 4.69) is 26.8 Å². The molecule has 0 bridgehead atoms. The number of imidazole rings is 1. The number of nitrogens with zero attached hydrogens (tertiary/aromatic N) is 3. The first kappa shape index (κ1) is 7.94. The van der Waals surface area contributed by atoms with Gasteiger partial charge in [-0.1, -0.05) is 0 Å². The Morgan fingerprint density at radius 2 is 2.36 bits per heavy atom. The van der Waals surface area contributed by atoms with E-state index in [1.54, 1.807) is 0 Å². The number of hydrogen-bond acceptors (Lipinski definition) is 3. The van der Waals surface area contributed by atoms with Crippen molar-refractivity contribution >= 4 is 11.2 Å². The highest BCUT2D eigenvalue weighted by Gasteiger charge is 2.28. The zero-order chi connectivity index (χ0) is 9.71. The second-order valence-electron chi connectivity index (χ2n) is 3.79. The first-order valence-corrected chi connectivity index (χ1v) is 4.78. The summed E-state index contributed by atoms with van der Waals surface area (Å²) in [4.78, 5) is 8.96.